The fourth-order valence-electron chi connectivity index (χ4n) is 3.34. The number of hydrogen-bond donors (Lipinski definition) is 2. The summed E-state index contributed by atoms with van der Waals surface area (Å²) in [5.74, 6) is 0.0643. The van der Waals surface area contributed by atoms with E-state index in [-0.39, 0.29) is 42.8 Å². The first-order chi connectivity index (χ1) is 12.5. The third-order valence-electron chi connectivity index (χ3n) is 4.85. The van der Waals surface area contributed by atoms with Crippen LogP contribution >= 0.6 is 47.8 Å². The number of hydrogen-bond acceptors (Lipinski definition) is 4. The molecule has 3 N–H and O–H groups in total. The van der Waals surface area contributed by atoms with E-state index in [9.17, 15) is 4.79 Å². The summed E-state index contributed by atoms with van der Waals surface area (Å²) >= 11 is 7.90. The lowest BCUT2D eigenvalue weighted by molar-refractivity contribution is -0.121. The number of nitrogens with zero attached hydrogens (tertiary/aromatic N) is 1. The Bertz CT molecular complexity index is 737. The molecule has 0 bridgehead atoms. The van der Waals surface area contributed by atoms with E-state index < -0.39 is 0 Å². The number of carbonyl (C=O) groups is 1. The predicted molar refractivity (Wildman–Crippen MR) is 123 cm³/mol. The highest BCUT2D eigenvalue weighted by Gasteiger charge is 2.26. The van der Waals surface area contributed by atoms with Gasteiger partial charge in [0.05, 0.1) is 6.04 Å². The lowest BCUT2D eigenvalue weighted by atomic mass is 10.0. The van der Waals surface area contributed by atoms with Crippen LogP contribution in [0.5, 0.6) is 0 Å². The number of carbonyl (C=O) groups excluding carboxylic acids is 1. The molecule has 0 fully saturated rings. The zero-order valence-corrected chi connectivity index (χ0v) is 19.1. The topological polar surface area (TPSA) is 58.4 Å². The van der Waals surface area contributed by atoms with Gasteiger partial charge in [-0.15, -0.1) is 36.2 Å². The molecule has 0 aliphatic carbocycles. The third-order valence-corrected chi connectivity index (χ3v) is 6.13. The van der Waals surface area contributed by atoms with Crippen molar-refractivity contribution in [3.05, 3.63) is 56.7 Å². The van der Waals surface area contributed by atoms with Crippen molar-refractivity contribution < 1.29 is 4.79 Å². The van der Waals surface area contributed by atoms with Gasteiger partial charge in [0.2, 0.25) is 5.91 Å². The van der Waals surface area contributed by atoms with Crippen LogP contribution in [0, 0.1) is 0 Å². The molecule has 4 nitrogen and oxygen atoms in total. The average Bonchev–Trinajstić information content (AvgIpc) is 3.09. The maximum atomic E-state index is 12.2. The highest BCUT2D eigenvalue weighted by atomic mass is 35.5. The number of nitrogens with two attached hydrogens (primary N) is 1. The van der Waals surface area contributed by atoms with Crippen LogP contribution in [0.1, 0.15) is 41.8 Å². The fraction of sp³-hybridized carbons (Fsp3) is 0.450. The largest absolute Gasteiger partial charge is 0.354 e. The Morgan fingerprint density at radius 3 is 2.68 bits per heavy atom. The van der Waals surface area contributed by atoms with Gasteiger partial charge < -0.3 is 11.1 Å². The molecule has 2 unspecified atom stereocenters. The van der Waals surface area contributed by atoms with Crippen molar-refractivity contribution in [2.24, 2.45) is 5.73 Å². The van der Waals surface area contributed by atoms with Crippen LogP contribution in [0.3, 0.4) is 0 Å². The Balaban J connectivity index is 0.00000196. The number of thiophene rings is 1. The molecule has 2 heterocycles. The summed E-state index contributed by atoms with van der Waals surface area (Å²) in [5.41, 5.74) is 8.34. The van der Waals surface area contributed by atoms with Crippen LogP contribution in [-0.4, -0.2) is 29.9 Å². The minimum absolute atomic E-state index is 0. The summed E-state index contributed by atoms with van der Waals surface area (Å²) in [6.07, 6.45) is 2.24. The van der Waals surface area contributed by atoms with Crippen LogP contribution in [-0.2, 0) is 17.8 Å². The first-order valence-corrected chi connectivity index (χ1v) is 10.4. The van der Waals surface area contributed by atoms with Crippen molar-refractivity contribution in [3.8, 4) is 0 Å². The number of rotatable bonds is 7. The van der Waals surface area contributed by atoms with Crippen molar-refractivity contribution >= 4 is 53.7 Å². The molecule has 1 aromatic carbocycles. The molecule has 1 aliphatic heterocycles. The molecule has 0 radical (unpaired) electrons. The van der Waals surface area contributed by atoms with E-state index in [0.29, 0.717) is 19.4 Å². The maximum Gasteiger partial charge on any atom is 0.220 e. The fourth-order valence-corrected chi connectivity index (χ4v) is 4.35. The van der Waals surface area contributed by atoms with Gasteiger partial charge in [0.25, 0.3) is 0 Å². The van der Waals surface area contributed by atoms with Crippen molar-refractivity contribution in [2.45, 2.75) is 44.8 Å². The summed E-state index contributed by atoms with van der Waals surface area (Å²) in [6, 6.07) is 10.4. The number of amides is 1. The normalized spacial score (nSPS) is 15.5. The summed E-state index contributed by atoms with van der Waals surface area (Å²) in [5, 5.41) is 6.00. The van der Waals surface area contributed by atoms with Gasteiger partial charge in [0.1, 0.15) is 0 Å². The molecule has 1 aliphatic rings. The molecule has 3 rings (SSSR count). The Morgan fingerprint density at radius 1 is 1.29 bits per heavy atom. The van der Waals surface area contributed by atoms with Crippen molar-refractivity contribution in [1.29, 1.82) is 0 Å². The van der Waals surface area contributed by atoms with E-state index in [1.807, 2.05) is 30.4 Å². The smallest absolute Gasteiger partial charge is 0.220 e. The van der Waals surface area contributed by atoms with Gasteiger partial charge in [-0.05, 0) is 54.5 Å². The second-order valence-corrected chi connectivity index (χ2v) is 8.41. The minimum atomic E-state index is 0. The molecule has 2 atom stereocenters. The lowest BCUT2D eigenvalue weighted by Gasteiger charge is -2.35. The summed E-state index contributed by atoms with van der Waals surface area (Å²) in [4.78, 5) is 16.1. The van der Waals surface area contributed by atoms with Crippen LogP contribution in [0.2, 0.25) is 5.02 Å². The van der Waals surface area contributed by atoms with Crippen LogP contribution in [0.25, 0.3) is 0 Å². The van der Waals surface area contributed by atoms with Gasteiger partial charge in [0, 0.05) is 42.0 Å². The quantitative estimate of drug-likeness (QED) is 0.630. The highest BCUT2D eigenvalue weighted by molar-refractivity contribution is 7.10. The number of halogens is 3. The number of fused-ring (bicyclic) bond motifs is 1. The number of benzene rings is 1. The average molecular weight is 465 g/mol. The molecule has 8 heteroatoms. The van der Waals surface area contributed by atoms with Gasteiger partial charge in [-0.2, -0.15) is 0 Å². The third kappa shape index (κ3) is 6.90. The van der Waals surface area contributed by atoms with Gasteiger partial charge in [-0.3, -0.25) is 9.69 Å². The monoisotopic (exact) mass is 463 g/mol. The van der Waals surface area contributed by atoms with E-state index in [1.54, 1.807) is 0 Å². The first-order valence-electron chi connectivity index (χ1n) is 9.10. The van der Waals surface area contributed by atoms with E-state index in [0.717, 1.165) is 24.5 Å². The molecule has 28 heavy (non-hydrogen) atoms. The predicted octanol–water partition coefficient (Wildman–Crippen LogP) is 4.59. The van der Waals surface area contributed by atoms with Crippen LogP contribution in [0.15, 0.2) is 35.7 Å². The Kier molecular flexibility index (Phi) is 10.8. The zero-order chi connectivity index (χ0) is 18.5. The van der Waals surface area contributed by atoms with Gasteiger partial charge in [-0.25, -0.2) is 0 Å². The highest BCUT2D eigenvalue weighted by Crippen LogP contribution is 2.30. The molecular weight excluding hydrogens is 437 g/mol. The Morgan fingerprint density at radius 2 is 2.00 bits per heavy atom. The van der Waals surface area contributed by atoms with E-state index in [1.165, 1.54) is 16.0 Å². The Labute approximate surface area is 188 Å². The molecule has 1 amide bonds. The van der Waals surface area contributed by atoms with Crippen LogP contribution in [0.4, 0.5) is 0 Å². The first kappa shape index (κ1) is 25.2. The van der Waals surface area contributed by atoms with Gasteiger partial charge in [-0.1, -0.05) is 23.7 Å². The van der Waals surface area contributed by atoms with E-state index >= 15 is 0 Å². The van der Waals surface area contributed by atoms with Crippen molar-refractivity contribution in [2.75, 3.05) is 13.1 Å². The summed E-state index contributed by atoms with van der Waals surface area (Å²) < 4.78 is 0. The Hall–Kier alpha value is -0.820. The van der Waals surface area contributed by atoms with Crippen molar-refractivity contribution in [1.82, 2.24) is 10.2 Å². The zero-order valence-electron chi connectivity index (χ0n) is 15.9. The standard InChI is InChI=1S/C20H26ClN3OS.2ClH/c1-14(22)2-7-20(25)23-12-18(15-3-5-17(21)6-4-15)24-10-8-19-16(13-24)9-11-26-19;;/h3-6,9,11,14,18H,2,7-8,10,12-13,22H2,1H3,(H,23,25);2*1H. The molecule has 2 aromatic rings. The summed E-state index contributed by atoms with van der Waals surface area (Å²) in [7, 11) is 0. The molecule has 0 saturated carbocycles. The van der Waals surface area contributed by atoms with Crippen molar-refractivity contribution in [3.63, 3.8) is 0 Å². The molecule has 1 aromatic heterocycles. The minimum Gasteiger partial charge on any atom is -0.354 e. The maximum absolute atomic E-state index is 12.2. The van der Waals surface area contributed by atoms with Crippen LogP contribution < -0.4 is 11.1 Å². The number of nitrogens with one attached hydrogen (secondary N) is 1. The molecule has 156 valence electrons. The lowest BCUT2D eigenvalue weighted by Crippen LogP contribution is -2.40. The van der Waals surface area contributed by atoms with Gasteiger partial charge >= 0.3 is 0 Å². The molecular formula is C20H28Cl3N3OS. The SMILES string of the molecule is CC(N)CCC(=O)NCC(c1ccc(Cl)cc1)N1CCc2sccc2C1.Cl.Cl. The second kappa shape index (κ2) is 12.0. The van der Waals surface area contributed by atoms with Gasteiger partial charge in [0.15, 0.2) is 0 Å². The second-order valence-electron chi connectivity index (χ2n) is 6.98. The summed E-state index contributed by atoms with van der Waals surface area (Å²) in [6.45, 7) is 4.44. The van der Waals surface area contributed by atoms with E-state index in [4.69, 9.17) is 17.3 Å². The van der Waals surface area contributed by atoms with E-state index in [2.05, 4.69) is 33.8 Å². The molecule has 0 saturated heterocycles. The molecule has 0 spiro atoms.